The lowest BCUT2D eigenvalue weighted by Crippen LogP contribution is -2.43. The monoisotopic (exact) mass is 271 g/mol. The van der Waals surface area contributed by atoms with Crippen LogP contribution in [-0.2, 0) is 16.6 Å². The van der Waals surface area contributed by atoms with E-state index >= 15 is 0 Å². The summed E-state index contributed by atoms with van der Waals surface area (Å²) in [5.41, 5.74) is 0. The molecule has 18 heavy (non-hydrogen) atoms. The fourth-order valence-corrected chi connectivity index (χ4v) is 2.48. The topological polar surface area (TPSA) is 81.9 Å². The molecule has 7 nitrogen and oxygen atoms in total. The molecule has 0 aromatic carbocycles. The Balaban J connectivity index is 1.63. The number of carbonyl (C=O) groups is 1. The molecule has 1 saturated heterocycles. The second-order valence-electron chi connectivity index (χ2n) is 4.07. The van der Waals surface area contributed by atoms with Crippen LogP contribution in [0, 0.1) is 0 Å². The van der Waals surface area contributed by atoms with Crippen LogP contribution in [0.15, 0.2) is 5.16 Å². The Morgan fingerprint density at radius 2 is 2.56 bits per heavy atom. The van der Waals surface area contributed by atoms with Crippen molar-refractivity contribution in [1.82, 2.24) is 25.5 Å². The van der Waals surface area contributed by atoms with Crippen molar-refractivity contribution in [3.63, 3.8) is 0 Å². The normalized spacial score (nSPS) is 19.9. The Hall–Kier alpha value is -0.990. The van der Waals surface area contributed by atoms with Crippen LogP contribution in [0.4, 0.5) is 0 Å². The number of tetrazole rings is 1. The number of thioether (sulfide) groups is 1. The zero-order valence-corrected chi connectivity index (χ0v) is 11.2. The molecule has 2 heterocycles. The first-order valence-corrected chi connectivity index (χ1v) is 6.96. The summed E-state index contributed by atoms with van der Waals surface area (Å²) in [7, 11) is 1.80. The number of hydrogen-bond donors (Lipinski definition) is 1. The van der Waals surface area contributed by atoms with Gasteiger partial charge in [-0.3, -0.25) is 4.79 Å². The number of ketones is 1. The quantitative estimate of drug-likeness (QED) is 0.559. The molecule has 8 heteroatoms. The van der Waals surface area contributed by atoms with Gasteiger partial charge in [0.1, 0.15) is 6.10 Å². The van der Waals surface area contributed by atoms with Crippen LogP contribution in [0.25, 0.3) is 0 Å². The van der Waals surface area contributed by atoms with Crippen molar-refractivity contribution in [2.24, 2.45) is 7.05 Å². The molecular formula is C10H17N5O2S. The lowest BCUT2D eigenvalue weighted by atomic mass is 10.1. The largest absolute Gasteiger partial charge is 0.368 e. The fraction of sp³-hybridized carbons (Fsp3) is 0.800. The molecule has 1 unspecified atom stereocenters. The van der Waals surface area contributed by atoms with Crippen molar-refractivity contribution in [1.29, 1.82) is 0 Å². The highest BCUT2D eigenvalue weighted by Crippen LogP contribution is 2.15. The fourth-order valence-electron chi connectivity index (χ4n) is 1.69. The van der Waals surface area contributed by atoms with Crippen LogP contribution < -0.4 is 5.32 Å². The Morgan fingerprint density at radius 3 is 3.22 bits per heavy atom. The van der Waals surface area contributed by atoms with Crippen molar-refractivity contribution < 1.29 is 9.53 Å². The molecular weight excluding hydrogens is 254 g/mol. The number of rotatable bonds is 6. The second kappa shape index (κ2) is 6.81. The van der Waals surface area contributed by atoms with Crippen molar-refractivity contribution in [3.05, 3.63) is 0 Å². The number of ether oxygens (including phenoxy) is 1. The standard InChI is InChI=1S/C10H17N5O2S/c1-15-10(12-13-14-15)18-6-2-3-8(16)9-7-11-4-5-17-9/h9,11H,2-7H2,1H3. The molecule has 0 aliphatic carbocycles. The predicted molar refractivity (Wildman–Crippen MR) is 66.4 cm³/mol. The van der Waals surface area contributed by atoms with Crippen LogP contribution in [0.3, 0.4) is 0 Å². The molecule has 1 N–H and O–H groups in total. The van der Waals surface area contributed by atoms with E-state index in [1.807, 2.05) is 0 Å². The van der Waals surface area contributed by atoms with Gasteiger partial charge in [0.2, 0.25) is 5.16 Å². The predicted octanol–water partition coefficient (Wildman–Crippen LogP) is -0.360. The summed E-state index contributed by atoms with van der Waals surface area (Å²) in [4.78, 5) is 11.8. The summed E-state index contributed by atoms with van der Waals surface area (Å²) in [6.45, 7) is 2.09. The second-order valence-corrected chi connectivity index (χ2v) is 5.13. The van der Waals surface area contributed by atoms with Gasteiger partial charge in [-0.15, -0.1) is 5.10 Å². The van der Waals surface area contributed by atoms with Gasteiger partial charge in [-0.1, -0.05) is 11.8 Å². The van der Waals surface area contributed by atoms with Crippen molar-refractivity contribution in [2.75, 3.05) is 25.4 Å². The van der Waals surface area contributed by atoms with E-state index in [4.69, 9.17) is 4.74 Å². The van der Waals surface area contributed by atoms with Crippen LogP contribution in [0.5, 0.6) is 0 Å². The minimum Gasteiger partial charge on any atom is -0.368 e. The van der Waals surface area contributed by atoms with Gasteiger partial charge in [0.25, 0.3) is 0 Å². The molecule has 1 atom stereocenters. The summed E-state index contributed by atoms with van der Waals surface area (Å²) in [5, 5.41) is 15.1. The Morgan fingerprint density at radius 1 is 1.67 bits per heavy atom. The maximum Gasteiger partial charge on any atom is 0.209 e. The van der Waals surface area contributed by atoms with Crippen LogP contribution in [0.2, 0.25) is 0 Å². The smallest absolute Gasteiger partial charge is 0.209 e. The van der Waals surface area contributed by atoms with E-state index in [1.54, 1.807) is 23.5 Å². The molecule has 2 rings (SSSR count). The number of hydrogen-bond acceptors (Lipinski definition) is 7. The van der Waals surface area contributed by atoms with Crippen molar-refractivity contribution >= 4 is 17.5 Å². The molecule has 1 aliphatic rings. The van der Waals surface area contributed by atoms with Gasteiger partial charge in [-0.05, 0) is 16.8 Å². The lowest BCUT2D eigenvalue weighted by molar-refractivity contribution is -0.131. The number of nitrogens with one attached hydrogen (secondary N) is 1. The van der Waals surface area contributed by atoms with Crippen LogP contribution >= 0.6 is 11.8 Å². The van der Waals surface area contributed by atoms with E-state index in [1.165, 1.54) is 0 Å². The summed E-state index contributed by atoms with van der Waals surface area (Å²) in [6, 6.07) is 0. The van der Waals surface area contributed by atoms with Crippen molar-refractivity contribution in [2.45, 2.75) is 24.1 Å². The first-order chi connectivity index (χ1) is 8.77. The van der Waals surface area contributed by atoms with E-state index in [2.05, 4.69) is 20.8 Å². The molecule has 100 valence electrons. The van der Waals surface area contributed by atoms with Crippen LogP contribution in [-0.4, -0.2) is 57.5 Å². The van der Waals surface area contributed by atoms with E-state index in [0.717, 1.165) is 23.9 Å². The van der Waals surface area contributed by atoms with Gasteiger partial charge in [-0.2, -0.15) is 0 Å². The minimum absolute atomic E-state index is 0.180. The minimum atomic E-state index is -0.264. The third kappa shape index (κ3) is 3.76. The summed E-state index contributed by atoms with van der Waals surface area (Å²) >= 11 is 1.56. The summed E-state index contributed by atoms with van der Waals surface area (Å²) in [6.07, 6.45) is 1.10. The average molecular weight is 271 g/mol. The number of nitrogens with zero attached hydrogens (tertiary/aromatic N) is 4. The molecule has 0 amide bonds. The molecule has 1 aromatic heterocycles. The zero-order chi connectivity index (χ0) is 12.8. The van der Waals surface area contributed by atoms with E-state index in [9.17, 15) is 4.79 Å². The van der Waals surface area contributed by atoms with Gasteiger partial charge in [-0.25, -0.2) is 4.68 Å². The highest BCUT2D eigenvalue weighted by Gasteiger charge is 2.20. The van der Waals surface area contributed by atoms with Gasteiger partial charge in [0.15, 0.2) is 5.78 Å². The third-order valence-corrected chi connectivity index (χ3v) is 3.76. The molecule has 0 saturated carbocycles. The summed E-state index contributed by atoms with van der Waals surface area (Å²) < 4.78 is 7.03. The Labute approximate surface area is 110 Å². The Kier molecular flexibility index (Phi) is 5.09. The maximum atomic E-state index is 11.8. The van der Waals surface area contributed by atoms with Crippen molar-refractivity contribution in [3.8, 4) is 0 Å². The number of Topliss-reactive ketones (excluding diaryl/α,β-unsaturated/α-hetero) is 1. The highest BCUT2D eigenvalue weighted by molar-refractivity contribution is 7.99. The first kappa shape index (κ1) is 13.4. The van der Waals surface area contributed by atoms with Crippen LogP contribution in [0.1, 0.15) is 12.8 Å². The SMILES string of the molecule is Cn1nnnc1SCCCC(=O)C1CNCCO1. The number of aryl methyl sites for hydroxylation is 1. The van der Waals surface area contributed by atoms with E-state index < -0.39 is 0 Å². The van der Waals surface area contributed by atoms with E-state index in [-0.39, 0.29) is 11.9 Å². The molecule has 1 fully saturated rings. The molecule has 1 aliphatic heterocycles. The maximum absolute atomic E-state index is 11.8. The molecule has 1 aromatic rings. The van der Waals surface area contributed by atoms with Gasteiger partial charge in [0, 0.05) is 32.3 Å². The molecule has 0 spiro atoms. The number of morpholine rings is 1. The number of carbonyl (C=O) groups excluding carboxylic acids is 1. The number of aromatic nitrogens is 4. The zero-order valence-electron chi connectivity index (χ0n) is 10.3. The van der Waals surface area contributed by atoms with Gasteiger partial charge >= 0.3 is 0 Å². The first-order valence-electron chi connectivity index (χ1n) is 5.97. The molecule has 0 bridgehead atoms. The lowest BCUT2D eigenvalue weighted by Gasteiger charge is -2.22. The van der Waals surface area contributed by atoms with Gasteiger partial charge < -0.3 is 10.1 Å². The summed E-state index contributed by atoms with van der Waals surface area (Å²) in [5.74, 6) is 1.01. The third-order valence-electron chi connectivity index (χ3n) is 2.67. The molecule has 0 radical (unpaired) electrons. The van der Waals surface area contributed by atoms with Gasteiger partial charge in [0.05, 0.1) is 6.61 Å². The average Bonchev–Trinajstić information content (AvgIpc) is 2.81. The van der Waals surface area contributed by atoms with E-state index in [0.29, 0.717) is 19.6 Å². The Bertz CT molecular complexity index is 391. The highest BCUT2D eigenvalue weighted by atomic mass is 32.2.